The highest BCUT2D eigenvalue weighted by Crippen LogP contribution is 2.35. The number of carbonyl (C=O) groups excluding carboxylic acids is 1. The molecule has 2 heterocycles. The predicted molar refractivity (Wildman–Crippen MR) is 106 cm³/mol. The highest BCUT2D eigenvalue weighted by atomic mass is 19.1. The van der Waals surface area contributed by atoms with Crippen LogP contribution < -0.4 is 10.2 Å². The number of aromatic nitrogens is 3. The van der Waals surface area contributed by atoms with Crippen LogP contribution in [-0.2, 0) is 11.2 Å². The number of halogens is 1. The van der Waals surface area contributed by atoms with Gasteiger partial charge in [0.25, 0.3) is 0 Å². The van der Waals surface area contributed by atoms with Gasteiger partial charge in [-0.2, -0.15) is 10.5 Å². The molecular weight excluding hydrogens is 373 g/mol. The number of nitriles is 2. The molecule has 0 aliphatic carbocycles. The van der Waals surface area contributed by atoms with Gasteiger partial charge in [-0.15, -0.1) is 0 Å². The number of carbonyl (C=O) groups is 1. The van der Waals surface area contributed by atoms with E-state index in [1.54, 1.807) is 31.0 Å². The van der Waals surface area contributed by atoms with Crippen LogP contribution in [-0.4, -0.2) is 27.9 Å². The molecule has 0 aliphatic rings. The number of hydrogen-bond donors (Lipinski definition) is 2. The average Bonchev–Trinajstić information content (AvgIpc) is 3.19. The minimum atomic E-state index is -0.540. The molecule has 9 heteroatoms. The first-order valence-corrected chi connectivity index (χ1v) is 8.87. The van der Waals surface area contributed by atoms with Gasteiger partial charge < -0.3 is 15.2 Å². The summed E-state index contributed by atoms with van der Waals surface area (Å²) >= 11 is 0. The van der Waals surface area contributed by atoms with Gasteiger partial charge in [0.2, 0.25) is 5.91 Å². The number of fused-ring (bicyclic) bond motifs is 1. The molecule has 2 aromatic heterocycles. The number of benzene rings is 1. The van der Waals surface area contributed by atoms with Gasteiger partial charge in [-0.3, -0.25) is 4.79 Å². The number of nitrogens with zero attached hydrogens (tertiary/aromatic N) is 5. The van der Waals surface area contributed by atoms with E-state index in [0.717, 1.165) is 0 Å². The van der Waals surface area contributed by atoms with Gasteiger partial charge in [0, 0.05) is 12.6 Å². The van der Waals surface area contributed by atoms with Crippen LogP contribution in [0, 0.1) is 35.4 Å². The zero-order chi connectivity index (χ0) is 21.1. The lowest BCUT2D eigenvalue weighted by Crippen LogP contribution is -2.19. The van der Waals surface area contributed by atoms with Gasteiger partial charge in [-0.1, -0.05) is 6.92 Å². The van der Waals surface area contributed by atoms with Gasteiger partial charge in [-0.05, 0) is 31.0 Å². The van der Waals surface area contributed by atoms with E-state index in [-0.39, 0.29) is 17.8 Å². The van der Waals surface area contributed by atoms with Crippen molar-refractivity contribution in [2.24, 2.45) is 0 Å². The third-order valence-corrected chi connectivity index (χ3v) is 4.59. The number of nitrogens with one attached hydrogen (secondary N) is 2. The number of aromatic amines is 1. The van der Waals surface area contributed by atoms with E-state index in [0.29, 0.717) is 40.1 Å². The van der Waals surface area contributed by atoms with Crippen molar-refractivity contribution < 1.29 is 9.18 Å². The SMILES string of the molecule is CCc1cc(C#N)cc(F)c1N(C)c1nc(NC(=O)CC#N)c2[nH]cnc2c1C. The Bertz CT molecular complexity index is 1190. The summed E-state index contributed by atoms with van der Waals surface area (Å²) in [7, 11) is 1.67. The molecule has 0 saturated carbocycles. The van der Waals surface area contributed by atoms with Gasteiger partial charge >= 0.3 is 0 Å². The molecule has 2 N–H and O–H groups in total. The van der Waals surface area contributed by atoms with Crippen molar-refractivity contribution in [3.8, 4) is 12.1 Å². The Balaban J connectivity index is 2.18. The zero-order valence-electron chi connectivity index (χ0n) is 16.2. The molecule has 1 aromatic carbocycles. The molecule has 3 aromatic rings. The molecule has 0 aliphatic heterocycles. The van der Waals surface area contributed by atoms with Gasteiger partial charge in [0.1, 0.15) is 23.6 Å². The van der Waals surface area contributed by atoms with Crippen molar-refractivity contribution in [3.63, 3.8) is 0 Å². The molecule has 0 spiro atoms. The van der Waals surface area contributed by atoms with Crippen molar-refractivity contribution in [1.82, 2.24) is 15.0 Å². The summed E-state index contributed by atoms with van der Waals surface area (Å²) in [6.07, 6.45) is 1.67. The van der Waals surface area contributed by atoms with Crippen LogP contribution in [0.2, 0.25) is 0 Å². The molecule has 146 valence electrons. The smallest absolute Gasteiger partial charge is 0.239 e. The Morgan fingerprint density at radius 1 is 1.38 bits per heavy atom. The first-order chi connectivity index (χ1) is 13.9. The van der Waals surface area contributed by atoms with Gasteiger partial charge in [-0.25, -0.2) is 14.4 Å². The molecule has 29 heavy (non-hydrogen) atoms. The van der Waals surface area contributed by atoms with Crippen LogP contribution >= 0.6 is 0 Å². The van der Waals surface area contributed by atoms with E-state index in [9.17, 15) is 9.18 Å². The number of imidazole rings is 1. The number of H-pyrrole nitrogens is 1. The van der Waals surface area contributed by atoms with Crippen molar-refractivity contribution in [2.45, 2.75) is 26.7 Å². The molecule has 1 amide bonds. The quantitative estimate of drug-likeness (QED) is 0.687. The fraction of sp³-hybridized carbons (Fsp3) is 0.250. The third-order valence-electron chi connectivity index (χ3n) is 4.59. The zero-order valence-corrected chi connectivity index (χ0v) is 16.2. The average molecular weight is 391 g/mol. The van der Waals surface area contributed by atoms with E-state index in [2.05, 4.69) is 20.3 Å². The van der Waals surface area contributed by atoms with Crippen molar-refractivity contribution >= 4 is 34.3 Å². The van der Waals surface area contributed by atoms with Crippen LogP contribution in [0.1, 0.15) is 30.0 Å². The second kappa shape index (κ2) is 7.95. The lowest BCUT2D eigenvalue weighted by atomic mass is 10.0. The van der Waals surface area contributed by atoms with Crippen molar-refractivity contribution in [2.75, 3.05) is 17.3 Å². The monoisotopic (exact) mass is 391 g/mol. The molecule has 0 saturated heterocycles. The number of pyridine rings is 1. The maximum Gasteiger partial charge on any atom is 0.239 e. The largest absolute Gasteiger partial charge is 0.342 e. The first kappa shape index (κ1) is 19.8. The number of anilines is 3. The minimum Gasteiger partial charge on any atom is -0.342 e. The first-order valence-electron chi connectivity index (χ1n) is 8.87. The highest BCUT2D eigenvalue weighted by molar-refractivity contribution is 6.00. The van der Waals surface area contributed by atoms with Gasteiger partial charge in [0.15, 0.2) is 5.82 Å². The van der Waals surface area contributed by atoms with Crippen molar-refractivity contribution in [3.05, 3.63) is 41.0 Å². The Morgan fingerprint density at radius 2 is 2.14 bits per heavy atom. The third kappa shape index (κ3) is 3.58. The summed E-state index contributed by atoms with van der Waals surface area (Å²) in [4.78, 5) is 25.2. The molecule has 0 fully saturated rings. The lowest BCUT2D eigenvalue weighted by Gasteiger charge is -2.24. The molecule has 8 nitrogen and oxygen atoms in total. The van der Waals surface area contributed by atoms with E-state index < -0.39 is 11.7 Å². The summed E-state index contributed by atoms with van der Waals surface area (Å²) in [6, 6.07) is 6.58. The summed E-state index contributed by atoms with van der Waals surface area (Å²) in [6.45, 7) is 3.67. The maximum absolute atomic E-state index is 14.9. The standard InChI is InChI=1S/C20H18FN7O/c1-4-13-7-12(9-23)8-14(21)18(13)28(3)20-11(2)16-17(25-10-24-16)19(27-20)26-15(29)5-6-22/h7-8,10H,4-5H2,1-3H3,(H,24,25)(H,26,27,29). The van der Waals surface area contributed by atoms with Crippen LogP contribution in [0.15, 0.2) is 18.5 Å². The number of amides is 1. The number of hydrogen-bond acceptors (Lipinski definition) is 6. The molecule has 0 radical (unpaired) electrons. The van der Waals surface area contributed by atoms with Crippen LogP contribution in [0.5, 0.6) is 0 Å². The van der Waals surface area contributed by atoms with E-state index >= 15 is 0 Å². The topological polar surface area (TPSA) is 121 Å². The maximum atomic E-state index is 14.9. The van der Waals surface area contributed by atoms with E-state index in [1.165, 1.54) is 12.4 Å². The summed E-state index contributed by atoms with van der Waals surface area (Å²) in [5.41, 5.74) is 2.97. The van der Waals surface area contributed by atoms with Crippen LogP contribution in [0.3, 0.4) is 0 Å². The Morgan fingerprint density at radius 3 is 2.79 bits per heavy atom. The normalized spacial score (nSPS) is 10.4. The molecule has 0 unspecified atom stereocenters. The Labute approximate surface area is 166 Å². The molecule has 0 atom stereocenters. The predicted octanol–water partition coefficient (Wildman–Crippen LogP) is 3.46. The van der Waals surface area contributed by atoms with Crippen LogP contribution in [0.25, 0.3) is 11.0 Å². The number of rotatable bonds is 5. The van der Waals surface area contributed by atoms with Gasteiger partial charge in [0.05, 0.1) is 35.2 Å². The summed E-state index contributed by atoms with van der Waals surface area (Å²) in [5.74, 6) is -0.443. The number of aryl methyl sites for hydroxylation is 2. The Hall–Kier alpha value is -3.98. The van der Waals surface area contributed by atoms with E-state index in [1.807, 2.05) is 13.0 Å². The fourth-order valence-electron chi connectivity index (χ4n) is 3.25. The molecule has 3 rings (SSSR count). The second-order valence-electron chi connectivity index (χ2n) is 6.41. The summed E-state index contributed by atoms with van der Waals surface area (Å²) < 4.78 is 14.9. The van der Waals surface area contributed by atoms with Crippen LogP contribution in [0.4, 0.5) is 21.7 Å². The molecule has 0 bridgehead atoms. The molecular formula is C20H18FN7O. The fourth-order valence-corrected chi connectivity index (χ4v) is 3.25. The van der Waals surface area contributed by atoms with E-state index in [4.69, 9.17) is 10.5 Å². The lowest BCUT2D eigenvalue weighted by molar-refractivity contribution is -0.115. The minimum absolute atomic E-state index is 0.206. The summed E-state index contributed by atoms with van der Waals surface area (Å²) in [5, 5.41) is 20.4. The highest BCUT2D eigenvalue weighted by Gasteiger charge is 2.22. The Kier molecular flexibility index (Phi) is 5.42. The van der Waals surface area contributed by atoms with Crippen molar-refractivity contribution in [1.29, 1.82) is 10.5 Å². The second-order valence-corrected chi connectivity index (χ2v) is 6.41.